The van der Waals surface area contributed by atoms with Gasteiger partial charge in [-0.25, -0.2) is 9.97 Å². The van der Waals surface area contributed by atoms with E-state index in [2.05, 4.69) is 32.3 Å². The standard InChI is InChI=1S/C24H18F3N7O/c1-3-21(35)31-15-5-4-6-17(10-15)34-19-9-14(24(25,26)27)7-8-18(19)22-23(34)32-20(12-28-22)30-16-11-29-33(2)13-16/h3-13H,1H2,2H3,(H,30,32)(H,31,35). The second-order valence-electron chi connectivity index (χ2n) is 7.76. The summed E-state index contributed by atoms with van der Waals surface area (Å²) in [6, 6.07) is 10.2. The number of amides is 1. The van der Waals surface area contributed by atoms with E-state index in [1.165, 1.54) is 12.3 Å². The fourth-order valence-electron chi connectivity index (χ4n) is 3.80. The molecule has 0 aliphatic carbocycles. The van der Waals surface area contributed by atoms with Gasteiger partial charge in [-0.05, 0) is 42.5 Å². The predicted molar refractivity (Wildman–Crippen MR) is 127 cm³/mol. The Bertz CT molecular complexity index is 1600. The largest absolute Gasteiger partial charge is 0.416 e. The molecule has 0 fully saturated rings. The molecule has 0 bridgehead atoms. The highest BCUT2D eigenvalue weighted by Gasteiger charge is 2.31. The minimum atomic E-state index is -4.52. The van der Waals surface area contributed by atoms with Crippen LogP contribution >= 0.6 is 0 Å². The summed E-state index contributed by atoms with van der Waals surface area (Å²) in [7, 11) is 1.77. The third-order valence-electron chi connectivity index (χ3n) is 5.32. The summed E-state index contributed by atoms with van der Waals surface area (Å²) >= 11 is 0. The van der Waals surface area contributed by atoms with Crippen LogP contribution < -0.4 is 10.6 Å². The molecule has 11 heteroatoms. The van der Waals surface area contributed by atoms with E-state index in [0.29, 0.717) is 39.4 Å². The Hall–Kier alpha value is -4.67. The van der Waals surface area contributed by atoms with Gasteiger partial charge in [0.05, 0.1) is 29.2 Å². The highest BCUT2D eigenvalue weighted by Crippen LogP contribution is 2.36. The second kappa shape index (κ2) is 8.28. The average Bonchev–Trinajstić information content (AvgIpc) is 3.38. The van der Waals surface area contributed by atoms with Gasteiger partial charge in [-0.1, -0.05) is 12.6 Å². The molecule has 8 nitrogen and oxygen atoms in total. The predicted octanol–water partition coefficient (Wildman–Crippen LogP) is 5.19. The number of halogens is 3. The number of anilines is 3. The Morgan fingerprint density at radius 3 is 2.66 bits per heavy atom. The number of aromatic nitrogens is 5. The molecule has 0 saturated carbocycles. The van der Waals surface area contributed by atoms with Crippen molar-refractivity contribution in [2.45, 2.75) is 6.18 Å². The van der Waals surface area contributed by atoms with E-state index in [4.69, 9.17) is 0 Å². The molecule has 0 aliphatic heterocycles. The fraction of sp³-hybridized carbons (Fsp3) is 0.0833. The number of rotatable bonds is 5. The summed E-state index contributed by atoms with van der Waals surface area (Å²) in [5.74, 6) is -0.0202. The summed E-state index contributed by atoms with van der Waals surface area (Å²) in [6.45, 7) is 3.43. The van der Waals surface area contributed by atoms with E-state index < -0.39 is 17.6 Å². The smallest absolute Gasteiger partial charge is 0.336 e. The van der Waals surface area contributed by atoms with Crippen LogP contribution in [0.25, 0.3) is 27.8 Å². The van der Waals surface area contributed by atoms with E-state index in [0.717, 1.165) is 18.2 Å². The number of hydrogen-bond acceptors (Lipinski definition) is 5. The monoisotopic (exact) mass is 477 g/mol. The molecular weight excluding hydrogens is 459 g/mol. The lowest BCUT2D eigenvalue weighted by Crippen LogP contribution is -2.08. The van der Waals surface area contributed by atoms with E-state index in [1.807, 2.05) is 0 Å². The molecule has 1 amide bonds. The van der Waals surface area contributed by atoms with E-state index >= 15 is 0 Å². The number of hydrogen-bond donors (Lipinski definition) is 2. The van der Waals surface area contributed by atoms with Crippen molar-refractivity contribution in [2.24, 2.45) is 7.05 Å². The van der Waals surface area contributed by atoms with Crippen molar-refractivity contribution in [3.05, 3.63) is 79.3 Å². The number of nitrogens with zero attached hydrogens (tertiary/aromatic N) is 5. The molecule has 176 valence electrons. The summed E-state index contributed by atoms with van der Waals surface area (Å²) in [6.07, 6.45) is 1.48. The second-order valence-corrected chi connectivity index (χ2v) is 7.76. The van der Waals surface area contributed by atoms with Gasteiger partial charge in [-0.15, -0.1) is 0 Å². The Morgan fingerprint density at radius 1 is 1.11 bits per heavy atom. The third kappa shape index (κ3) is 4.19. The zero-order valence-electron chi connectivity index (χ0n) is 18.3. The normalized spacial score (nSPS) is 11.7. The number of carbonyl (C=O) groups is 1. The van der Waals surface area contributed by atoms with Gasteiger partial charge < -0.3 is 10.6 Å². The van der Waals surface area contributed by atoms with Crippen LogP contribution in [-0.4, -0.2) is 30.2 Å². The van der Waals surface area contributed by atoms with Crippen LogP contribution in [0.2, 0.25) is 0 Å². The first kappa shape index (κ1) is 22.1. The maximum Gasteiger partial charge on any atom is 0.416 e. The van der Waals surface area contributed by atoms with Gasteiger partial charge in [0.2, 0.25) is 5.91 Å². The van der Waals surface area contributed by atoms with Crippen LogP contribution in [0.15, 0.2) is 73.7 Å². The Labute approximate surface area is 196 Å². The van der Waals surface area contributed by atoms with Crippen molar-refractivity contribution in [1.29, 1.82) is 0 Å². The van der Waals surface area contributed by atoms with Gasteiger partial charge in [0, 0.05) is 30.0 Å². The number of carbonyl (C=O) groups excluding carboxylic acids is 1. The van der Waals surface area contributed by atoms with E-state index in [1.54, 1.807) is 53.0 Å². The Balaban J connectivity index is 1.74. The first-order valence-electron chi connectivity index (χ1n) is 10.4. The van der Waals surface area contributed by atoms with E-state index in [9.17, 15) is 18.0 Å². The van der Waals surface area contributed by atoms with Crippen molar-refractivity contribution in [3.63, 3.8) is 0 Å². The van der Waals surface area contributed by atoms with Crippen molar-refractivity contribution in [1.82, 2.24) is 24.3 Å². The zero-order chi connectivity index (χ0) is 24.7. The van der Waals surface area contributed by atoms with Crippen LogP contribution in [0, 0.1) is 0 Å². The first-order valence-corrected chi connectivity index (χ1v) is 10.4. The van der Waals surface area contributed by atoms with Crippen LogP contribution in [-0.2, 0) is 18.0 Å². The molecule has 0 saturated heterocycles. The number of aryl methyl sites for hydroxylation is 1. The number of nitrogens with one attached hydrogen (secondary N) is 2. The molecular formula is C24H18F3N7O. The van der Waals surface area contributed by atoms with Gasteiger partial charge in [-0.3, -0.25) is 14.0 Å². The van der Waals surface area contributed by atoms with Crippen LogP contribution in [0.3, 0.4) is 0 Å². The molecule has 0 unspecified atom stereocenters. The summed E-state index contributed by atoms with van der Waals surface area (Å²) in [5, 5.41) is 10.4. The number of fused-ring (bicyclic) bond motifs is 3. The average molecular weight is 477 g/mol. The van der Waals surface area contributed by atoms with Crippen molar-refractivity contribution >= 4 is 45.2 Å². The number of alkyl halides is 3. The van der Waals surface area contributed by atoms with Gasteiger partial charge in [0.1, 0.15) is 5.52 Å². The van der Waals surface area contributed by atoms with Gasteiger partial charge in [0.25, 0.3) is 0 Å². The maximum absolute atomic E-state index is 13.5. The first-order chi connectivity index (χ1) is 16.7. The molecule has 2 N–H and O–H groups in total. The molecule has 5 rings (SSSR count). The summed E-state index contributed by atoms with van der Waals surface area (Å²) in [4.78, 5) is 20.9. The molecule has 3 heterocycles. The Morgan fingerprint density at radius 2 is 1.94 bits per heavy atom. The summed E-state index contributed by atoms with van der Waals surface area (Å²) in [5.41, 5.74) is 1.90. The minimum absolute atomic E-state index is 0.278. The van der Waals surface area contributed by atoms with Crippen LogP contribution in [0.1, 0.15) is 5.56 Å². The zero-order valence-corrected chi connectivity index (χ0v) is 18.3. The Kier molecular flexibility index (Phi) is 5.24. The molecule has 0 spiro atoms. The summed E-state index contributed by atoms with van der Waals surface area (Å²) < 4.78 is 43.8. The molecule has 3 aromatic heterocycles. The lowest BCUT2D eigenvalue weighted by molar-refractivity contribution is -0.137. The van der Waals surface area contributed by atoms with Crippen molar-refractivity contribution in [3.8, 4) is 5.69 Å². The third-order valence-corrected chi connectivity index (χ3v) is 5.32. The van der Waals surface area contributed by atoms with Gasteiger partial charge >= 0.3 is 6.18 Å². The molecule has 35 heavy (non-hydrogen) atoms. The van der Waals surface area contributed by atoms with Gasteiger partial charge in [0.15, 0.2) is 11.5 Å². The topological polar surface area (TPSA) is 89.7 Å². The lowest BCUT2D eigenvalue weighted by atomic mass is 10.1. The van der Waals surface area contributed by atoms with Crippen LogP contribution in [0.4, 0.5) is 30.4 Å². The lowest BCUT2D eigenvalue weighted by Gasteiger charge is -2.11. The van der Waals surface area contributed by atoms with Crippen molar-refractivity contribution in [2.75, 3.05) is 10.6 Å². The van der Waals surface area contributed by atoms with Gasteiger partial charge in [-0.2, -0.15) is 18.3 Å². The van der Waals surface area contributed by atoms with Crippen LogP contribution in [0.5, 0.6) is 0 Å². The highest BCUT2D eigenvalue weighted by molar-refractivity contribution is 6.06. The fourth-order valence-corrected chi connectivity index (χ4v) is 3.80. The highest BCUT2D eigenvalue weighted by atomic mass is 19.4. The molecule has 2 aromatic carbocycles. The maximum atomic E-state index is 13.5. The molecule has 5 aromatic rings. The SMILES string of the molecule is C=CC(=O)Nc1cccc(-n2c3cc(C(F)(F)F)ccc3c3ncc(Nc4cnn(C)c4)nc32)c1. The van der Waals surface area contributed by atoms with E-state index in [-0.39, 0.29) is 5.52 Å². The number of benzene rings is 2. The minimum Gasteiger partial charge on any atom is -0.336 e. The molecule has 0 aliphatic rings. The van der Waals surface area contributed by atoms with Crippen molar-refractivity contribution < 1.29 is 18.0 Å². The molecule has 0 radical (unpaired) electrons. The quantitative estimate of drug-likeness (QED) is 0.340. The molecule has 0 atom stereocenters.